The number of morpholine rings is 1. The molecule has 1 fully saturated rings. The van der Waals surface area contributed by atoms with Gasteiger partial charge >= 0.3 is 0 Å². The molecule has 0 radical (unpaired) electrons. The van der Waals surface area contributed by atoms with Gasteiger partial charge in [0.2, 0.25) is 0 Å². The number of phenols is 1. The molecular weight excluding hydrogens is 707 g/mol. The van der Waals surface area contributed by atoms with E-state index in [1.165, 1.54) is 41.8 Å². The number of carbonyl (C=O) groups excluding carboxylic acids is 2. The normalized spacial score (nSPS) is 17.1. The highest BCUT2D eigenvalue weighted by Gasteiger charge is 2.35. The molecule has 0 bridgehead atoms. The van der Waals surface area contributed by atoms with E-state index in [-0.39, 0.29) is 29.4 Å². The van der Waals surface area contributed by atoms with Crippen LogP contribution in [0.3, 0.4) is 0 Å². The van der Waals surface area contributed by atoms with Gasteiger partial charge in [-0.3, -0.25) is 19.4 Å². The summed E-state index contributed by atoms with van der Waals surface area (Å²) in [7, 11) is 1.39. The van der Waals surface area contributed by atoms with Crippen molar-refractivity contribution in [3.63, 3.8) is 0 Å². The van der Waals surface area contributed by atoms with Crippen molar-refractivity contribution in [2.24, 2.45) is 0 Å². The fourth-order valence-corrected chi connectivity index (χ4v) is 8.30. The zero-order valence-corrected chi connectivity index (χ0v) is 30.9. The van der Waals surface area contributed by atoms with E-state index >= 15 is 4.39 Å². The van der Waals surface area contributed by atoms with Crippen LogP contribution < -0.4 is 9.64 Å². The van der Waals surface area contributed by atoms with Crippen LogP contribution in [0.1, 0.15) is 50.4 Å². The molecule has 5 aromatic rings. The van der Waals surface area contributed by atoms with Crippen LogP contribution in [0.4, 0.5) is 15.8 Å². The zero-order valence-electron chi connectivity index (χ0n) is 30.1. The average molecular weight is 749 g/mol. The summed E-state index contributed by atoms with van der Waals surface area (Å²) in [6, 6.07) is 26.1. The van der Waals surface area contributed by atoms with E-state index in [1.54, 1.807) is 30.3 Å². The number of anilines is 2. The van der Waals surface area contributed by atoms with Gasteiger partial charge in [-0.15, -0.1) is 0 Å². The Hall–Kier alpha value is -5.16. The Morgan fingerprint density at radius 1 is 0.907 bits per heavy atom. The molecule has 3 aliphatic rings. The molecule has 4 heterocycles. The van der Waals surface area contributed by atoms with Crippen molar-refractivity contribution in [2.75, 3.05) is 44.9 Å². The summed E-state index contributed by atoms with van der Waals surface area (Å²) in [5, 5.41) is 10.5. The molecular formula is C43H42ClFN4O5. The summed E-state index contributed by atoms with van der Waals surface area (Å²) < 4.78 is 28.1. The number of amides is 2. The summed E-state index contributed by atoms with van der Waals surface area (Å²) in [5.74, 6) is -0.968. The topological polar surface area (TPSA) is 87.5 Å². The maximum Gasteiger partial charge on any atom is 0.264 e. The maximum atomic E-state index is 15.1. The van der Waals surface area contributed by atoms with Crippen LogP contribution in [0.25, 0.3) is 11.3 Å². The first-order valence-electron chi connectivity index (χ1n) is 18.5. The van der Waals surface area contributed by atoms with E-state index < -0.39 is 5.82 Å². The van der Waals surface area contributed by atoms with Crippen LogP contribution in [-0.4, -0.2) is 77.3 Å². The van der Waals surface area contributed by atoms with Crippen LogP contribution in [0.15, 0.2) is 91.0 Å². The molecule has 1 atom stereocenters. The first-order valence-corrected chi connectivity index (χ1v) is 18.8. The van der Waals surface area contributed by atoms with E-state index in [4.69, 9.17) is 21.1 Å². The second kappa shape index (κ2) is 15.3. The number of aromatic nitrogens is 1. The quantitative estimate of drug-likeness (QED) is 0.174. The van der Waals surface area contributed by atoms with Crippen molar-refractivity contribution < 1.29 is 28.6 Å². The molecule has 9 nitrogen and oxygen atoms in total. The summed E-state index contributed by atoms with van der Waals surface area (Å²) in [5.41, 5.74) is 6.35. The number of nitrogens with zero attached hydrogens (tertiary/aromatic N) is 4. The molecule has 1 aromatic heterocycles. The third-order valence-corrected chi connectivity index (χ3v) is 11.1. The number of rotatable bonds is 8. The lowest BCUT2D eigenvalue weighted by Gasteiger charge is -2.40. The first kappa shape index (κ1) is 35.8. The highest BCUT2D eigenvalue weighted by molar-refractivity contribution is 6.31. The lowest BCUT2D eigenvalue weighted by Crippen LogP contribution is -2.52. The molecule has 278 valence electrons. The van der Waals surface area contributed by atoms with E-state index in [1.807, 2.05) is 23.1 Å². The van der Waals surface area contributed by atoms with Crippen molar-refractivity contribution in [1.29, 1.82) is 0 Å². The molecule has 1 saturated heterocycles. The van der Waals surface area contributed by atoms with Gasteiger partial charge in [-0.05, 0) is 97.5 Å². The number of benzene rings is 4. The van der Waals surface area contributed by atoms with Gasteiger partial charge in [0.15, 0.2) is 11.6 Å². The number of phenolic OH excluding ortho intramolecular Hbond substituents is 1. The molecule has 0 aliphatic carbocycles. The molecule has 0 saturated carbocycles. The monoisotopic (exact) mass is 748 g/mol. The van der Waals surface area contributed by atoms with E-state index in [0.29, 0.717) is 65.8 Å². The lowest BCUT2D eigenvalue weighted by atomic mass is 9.92. The van der Waals surface area contributed by atoms with Gasteiger partial charge in [0.25, 0.3) is 11.8 Å². The molecule has 54 heavy (non-hydrogen) atoms. The van der Waals surface area contributed by atoms with Gasteiger partial charge in [0, 0.05) is 78.1 Å². The Balaban J connectivity index is 1.21. The number of carbonyl (C=O) groups is 2. The Kier molecular flexibility index (Phi) is 10.2. The fraction of sp³-hybridized carbons (Fsp3) is 0.302. The van der Waals surface area contributed by atoms with E-state index in [0.717, 1.165) is 55.8 Å². The highest BCUT2D eigenvalue weighted by Crippen LogP contribution is 2.39. The Bertz CT molecular complexity index is 2200. The number of methoxy groups -OCH3 is 1. The van der Waals surface area contributed by atoms with Gasteiger partial charge < -0.3 is 24.0 Å². The largest absolute Gasteiger partial charge is 0.508 e. The summed E-state index contributed by atoms with van der Waals surface area (Å²) >= 11 is 6.70. The number of ether oxygens (including phenoxy) is 2. The molecule has 4 aromatic carbocycles. The molecule has 1 N–H and O–H groups in total. The third kappa shape index (κ3) is 6.97. The number of halogens is 2. The highest BCUT2D eigenvalue weighted by atomic mass is 35.5. The standard InChI is InChI=1S/C43H42ClFN4O5/c1-53-41-16-12-32(24-38(41)45)49(31-10-13-34(50)14-11-31)43(52)37-25-40(47-17-5-4-8-39(37)47)36-23-30(44)9-15-35(36)42(51)48-26-29-7-3-2-6-28(29)22-33(48)27-46-18-20-54-21-19-46/h2-3,6-7,9-16,23-25,33,50H,4-5,8,17-22,26-27H2,1H3/t33-/m0/s1. The fourth-order valence-electron chi connectivity index (χ4n) is 8.12. The van der Waals surface area contributed by atoms with E-state index in [2.05, 4.69) is 27.7 Å². The molecule has 0 spiro atoms. The molecule has 3 aliphatic heterocycles. The number of hydrogen-bond donors (Lipinski definition) is 1. The van der Waals surface area contributed by atoms with Crippen molar-refractivity contribution in [1.82, 2.24) is 14.4 Å². The van der Waals surface area contributed by atoms with Gasteiger partial charge in [-0.25, -0.2) is 4.39 Å². The number of fused-ring (bicyclic) bond motifs is 2. The number of hydrogen-bond acceptors (Lipinski definition) is 6. The number of aromatic hydroxyl groups is 1. The summed E-state index contributed by atoms with van der Waals surface area (Å²) in [4.78, 5) is 35.7. The van der Waals surface area contributed by atoms with Crippen molar-refractivity contribution in [3.8, 4) is 22.8 Å². The predicted octanol–water partition coefficient (Wildman–Crippen LogP) is 7.88. The Morgan fingerprint density at radius 3 is 2.43 bits per heavy atom. The van der Waals surface area contributed by atoms with Gasteiger partial charge in [0.05, 0.1) is 31.6 Å². The minimum absolute atomic E-state index is 0.0399. The molecule has 8 rings (SSSR count). The maximum absolute atomic E-state index is 15.1. The van der Waals surface area contributed by atoms with Crippen LogP contribution in [-0.2, 0) is 30.7 Å². The summed E-state index contributed by atoms with van der Waals surface area (Å²) in [6.45, 7) is 4.89. The van der Waals surface area contributed by atoms with Crippen LogP contribution in [0.5, 0.6) is 11.5 Å². The average Bonchev–Trinajstić information content (AvgIpc) is 3.58. The second-order valence-corrected chi connectivity index (χ2v) is 14.6. The van der Waals surface area contributed by atoms with Crippen molar-refractivity contribution in [2.45, 2.75) is 44.8 Å². The molecule has 2 amide bonds. The molecule has 11 heteroatoms. The van der Waals surface area contributed by atoms with Crippen molar-refractivity contribution in [3.05, 3.63) is 130 Å². The Labute approximate surface area is 319 Å². The molecule has 0 unspecified atom stereocenters. The zero-order chi connectivity index (χ0) is 37.3. The third-order valence-electron chi connectivity index (χ3n) is 10.9. The van der Waals surface area contributed by atoms with Crippen LogP contribution in [0, 0.1) is 5.82 Å². The second-order valence-electron chi connectivity index (χ2n) is 14.1. The minimum Gasteiger partial charge on any atom is -0.508 e. The van der Waals surface area contributed by atoms with Gasteiger partial charge in [-0.2, -0.15) is 0 Å². The van der Waals surface area contributed by atoms with Crippen LogP contribution in [0.2, 0.25) is 5.02 Å². The SMILES string of the molecule is COc1ccc(N(C(=O)c2cc(-c3cc(Cl)ccc3C(=O)N3Cc4ccccc4C[C@H]3CN3CCOCC3)n3c2CCCC3)c2ccc(O)cc2)cc1F. The smallest absolute Gasteiger partial charge is 0.264 e. The first-order chi connectivity index (χ1) is 26.3. The van der Waals surface area contributed by atoms with E-state index in [9.17, 15) is 14.7 Å². The van der Waals surface area contributed by atoms with Crippen molar-refractivity contribution >= 4 is 34.8 Å². The van der Waals surface area contributed by atoms with Gasteiger partial charge in [0.1, 0.15) is 5.75 Å². The Morgan fingerprint density at radius 2 is 1.67 bits per heavy atom. The van der Waals surface area contributed by atoms with Crippen LogP contribution >= 0.6 is 11.6 Å². The van der Waals surface area contributed by atoms with Gasteiger partial charge in [-0.1, -0.05) is 35.9 Å². The predicted molar refractivity (Wildman–Crippen MR) is 206 cm³/mol. The lowest BCUT2D eigenvalue weighted by molar-refractivity contribution is 0.0193. The summed E-state index contributed by atoms with van der Waals surface area (Å²) in [6.07, 6.45) is 3.19. The minimum atomic E-state index is -0.611.